The molecular weight excluding hydrogens is 268 g/mol. The molecule has 0 atom stereocenters. The Bertz CT molecular complexity index is 472. The van der Waals surface area contributed by atoms with Gasteiger partial charge in [0.2, 0.25) is 0 Å². The van der Waals surface area contributed by atoms with Gasteiger partial charge in [-0.1, -0.05) is 23.1 Å². The first-order valence-corrected chi connectivity index (χ1v) is 7.65. The van der Waals surface area contributed by atoms with E-state index in [9.17, 15) is 8.42 Å². The lowest BCUT2D eigenvalue weighted by atomic mass is 10.4. The number of nitrogens with zero attached hydrogens (tertiary/aromatic N) is 1. The number of hydrogen-bond acceptors (Lipinski definition) is 5. The van der Waals surface area contributed by atoms with Crippen LogP contribution < -0.4 is 4.89 Å². The van der Waals surface area contributed by atoms with E-state index in [1.54, 1.807) is 18.2 Å². The van der Waals surface area contributed by atoms with Crippen LogP contribution in [0.1, 0.15) is 0 Å². The molecule has 6 nitrogen and oxygen atoms in total. The van der Waals surface area contributed by atoms with Crippen molar-refractivity contribution in [3.8, 4) is 0 Å². The van der Waals surface area contributed by atoms with Crippen molar-refractivity contribution in [3.05, 3.63) is 30.3 Å². The van der Waals surface area contributed by atoms with Gasteiger partial charge in [0.25, 0.3) is 10.0 Å². The van der Waals surface area contributed by atoms with E-state index in [1.807, 2.05) is 0 Å². The fourth-order valence-electron chi connectivity index (χ4n) is 1.77. The summed E-state index contributed by atoms with van der Waals surface area (Å²) in [6.07, 6.45) is 0. The Balaban J connectivity index is 1.73. The molecule has 1 saturated heterocycles. The van der Waals surface area contributed by atoms with Gasteiger partial charge in [-0.2, -0.15) is 0 Å². The maximum Gasteiger partial charge on any atom is 0.262 e. The third kappa shape index (κ3) is 4.55. The third-order valence-corrected chi connectivity index (χ3v) is 4.07. The Kier molecular flexibility index (Phi) is 5.29. The summed E-state index contributed by atoms with van der Waals surface area (Å²) in [6.45, 7) is 4.14. The molecule has 1 N–H and O–H groups in total. The van der Waals surface area contributed by atoms with Gasteiger partial charge in [-0.15, -0.1) is 0 Å². The van der Waals surface area contributed by atoms with Gasteiger partial charge >= 0.3 is 0 Å². The Morgan fingerprint density at radius 1 is 1.21 bits per heavy atom. The maximum atomic E-state index is 11.8. The van der Waals surface area contributed by atoms with Crippen molar-refractivity contribution in [3.63, 3.8) is 0 Å². The predicted octanol–water partition coefficient (Wildman–Crippen LogP) is 0.229. The van der Waals surface area contributed by atoms with Crippen molar-refractivity contribution in [2.75, 3.05) is 39.5 Å². The first kappa shape index (κ1) is 14.4. The summed E-state index contributed by atoms with van der Waals surface area (Å²) in [6, 6.07) is 8.14. The standard InChI is InChI=1S/C12H18N2O4S/c15-19(16,12-4-2-1-3-5-12)13-18-11-8-14-6-9-17-10-7-14/h1-5,13H,6-11H2. The van der Waals surface area contributed by atoms with Crippen LogP contribution in [0.25, 0.3) is 0 Å². The zero-order valence-electron chi connectivity index (χ0n) is 10.6. The molecule has 1 aliphatic rings. The van der Waals surface area contributed by atoms with Gasteiger partial charge in [0, 0.05) is 19.6 Å². The van der Waals surface area contributed by atoms with Crippen LogP contribution in [-0.2, 0) is 19.6 Å². The van der Waals surface area contributed by atoms with Crippen LogP contribution in [0, 0.1) is 0 Å². The summed E-state index contributed by atoms with van der Waals surface area (Å²) in [5.41, 5.74) is 0. The molecule has 1 heterocycles. The Morgan fingerprint density at radius 2 is 1.89 bits per heavy atom. The van der Waals surface area contributed by atoms with Crippen LogP contribution >= 0.6 is 0 Å². The summed E-state index contributed by atoms with van der Waals surface area (Å²) in [7, 11) is -3.58. The second-order valence-corrected chi connectivity index (χ2v) is 5.85. The molecule has 1 aromatic carbocycles. The van der Waals surface area contributed by atoms with Gasteiger partial charge in [0.1, 0.15) is 0 Å². The van der Waals surface area contributed by atoms with E-state index in [0.29, 0.717) is 13.2 Å². The van der Waals surface area contributed by atoms with E-state index in [1.165, 1.54) is 12.1 Å². The van der Waals surface area contributed by atoms with E-state index >= 15 is 0 Å². The normalized spacial score (nSPS) is 17.5. The fourth-order valence-corrected chi connectivity index (χ4v) is 2.62. The molecule has 0 spiro atoms. The molecule has 0 unspecified atom stereocenters. The Morgan fingerprint density at radius 3 is 2.58 bits per heavy atom. The van der Waals surface area contributed by atoms with Gasteiger partial charge in [0.15, 0.2) is 0 Å². The summed E-state index contributed by atoms with van der Waals surface area (Å²) in [5.74, 6) is 0. The number of hydrogen-bond donors (Lipinski definition) is 1. The Labute approximate surface area is 113 Å². The summed E-state index contributed by atoms with van der Waals surface area (Å²) >= 11 is 0. The van der Waals surface area contributed by atoms with E-state index < -0.39 is 10.0 Å². The second-order valence-electron chi connectivity index (χ2n) is 4.20. The highest BCUT2D eigenvalue weighted by Gasteiger charge is 2.14. The van der Waals surface area contributed by atoms with Gasteiger partial charge in [-0.25, -0.2) is 8.42 Å². The minimum atomic E-state index is -3.58. The highest BCUT2D eigenvalue weighted by Crippen LogP contribution is 2.06. The first-order chi connectivity index (χ1) is 9.18. The molecule has 7 heteroatoms. The molecule has 106 valence electrons. The second kappa shape index (κ2) is 6.97. The highest BCUT2D eigenvalue weighted by atomic mass is 32.2. The number of morpholine rings is 1. The molecule has 0 saturated carbocycles. The minimum Gasteiger partial charge on any atom is -0.379 e. The molecule has 1 aromatic rings. The van der Waals surface area contributed by atoms with Crippen molar-refractivity contribution in [1.82, 2.24) is 9.79 Å². The van der Waals surface area contributed by atoms with Crippen molar-refractivity contribution in [2.24, 2.45) is 0 Å². The lowest BCUT2D eigenvalue weighted by Crippen LogP contribution is -2.39. The van der Waals surface area contributed by atoms with Crippen LogP contribution in [0.15, 0.2) is 35.2 Å². The average Bonchev–Trinajstić information content (AvgIpc) is 2.46. The van der Waals surface area contributed by atoms with Crippen LogP contribution in [0.5, 0.6) is 0 Å². The van der Waals surface area contributed by atoms with Crippen molar-refractivity contribution in [1.29, 1.82) is 0 Å². The van der Waals surface area contributed by atoms with Crippen molar-refractivity contribution >= 4 is 10.0 Å². The van der Waals surface area contributed by atoms with Crippen molar-refractivity contribution < 1.29 is 18.0 Å². The fraction of sp³-hybridized carbons (Fsp3) is 0.500. The largest absolute Gasteiger partial charge is 0.379 e. The van der Waals surface area contributed by atoms with Crippen LogP contribution in [0.3, 0.4) is 0 Å². The van der Waals surface area contributed by atoms with Gasteiger partial charge in [-0.3, -0.25) is 9.74 Å². The molecular formula is C12H18N2O4S. The maximum absolute atomic E-state index is 11.8. The first-order valence-electron chi connectivity index (χ1n) is 6.17. The van der Waals surface area contributed by atoms with Gasteiger partial charge in [0.05, 0.1) is 24.7 Å². The minimum absolute atomic E-state index is 0.196. The summed E-state index contributed by atoms with van der Waals surface area (Å²) < 4.78 is 28.9. The average molecular weight is 286 g/mol. The molecule has 1 aliphatic heterocycles. The number of benzene rings is 1. The predicted molar refractivity (Wildman–Crippen MR) is 70.0 cm³/mol. The number of ether oxygens (including phenoxy) is 1. The third-order valence-electron chi connectivity index (χ3n) is 2.84. The SMILES string of the molecule is O=S(=O)(NOCCN1CCOCC1)c1ccccc1. The lowest BCUT2D eigenvalue weighted by Gasteiger charge is -2.26. The zero-order chi connectivity index (χ0) is 13.6. The molecule has 1 fully saturated rings. The van der Waals surface area contributed by atoms with Crippen LogP contribution in [-0.4, -0.2) is 52.8 Å². The van der Waals surface area contributed by atoms with Crippen LogP contribution in [0.4, 0.5) is 0 Å². The summed E-state index contributed by atoms with van der Waals surface area (Å²) in [4.78, 5) is 9.53. The molecule has 0 aromatic heterocycles. The molecule has 0 amide bonds. The summed E-state index contributed by atoms with van der Waals surface area (Å²) in [5, 5.41) is 0. The van der Waals surface area contributed by atoms with Gasteiger partial charge in [-0.05, 0) is 12.1 Å². The number of sulfonamides is 1. The van der Waals surface area contributed by atoms with E-state index in [-0.39, 0.29) is 4.90 Å². The van der Waals surface area contributed by atoms with E-state index in [2.05, 4.69) is 9.79 Å². The van der Waals surface area contributed by atoms with Gasteiger partial charge < -0.3 is 4.74 Å². The molecule has 0 radical (unpaired) electrons. The molecule has 0 bridgehead atoms. The zero-order valence-corrected chi connectivity index (χ0v) is 11.4. The smallest absolute Gasteiger partial charge is 0.262 e. The topological polar surface area (TPSA) is 67.9 Å². The quantitative estimate of drug-likeness (QED) is 0.599. The molecule has 2 rings (SSSR count). The van der Waals surface area contributed by atoms with Crippen molar-refractivity contribution in [2.45, 2.75) is 4.90 Å². The molecule has 0 aliphatic carbocycles. The highest BCUT2D eigenvalue weighted by molar-refractivity contribution is 7.89. The lowest BCUT2D eigenvalue weighted by molar-refractivity contribution is 0.0125. The monoisotopic (exact) mass is 286 g/mol. The number of nitrogens with one attached hydrogen (secondary N) is 1. The Hall–Kier alpha value is -0.990. The van der Waals surface area contributed by atoms with E-state index in [0.717, 1.165) is 26.3 Å². The van der Waals surface area contributed by atoms with Crippen LogP contribution in [0.2, 0.25) is 0 Å². The van der Waals surface area contributed by atoms with E-state index in [4.69, 9.17) is 9.57 Å². The number of rotatable bonds is 6. The molecule has 19 heavy (non-hydrogen) atoms.